The van der Waals surface area contributed by atoms with E-state index < -0.39 is 11.6 Å². The zero-order valence-corrected chi connectivity index (χ0v) is 35.0. The maximum absolute atomic E-state index is 13.3. The summed E-state index contributed by atoms with van der Waals surface area (Å²) in [6, 6.07) is 8.00. The van der Waals surface area contributed by atoms with Gasteiger partial charge in [0.15, 0.2) is 0 Å². The number of urea groups is 1. The number of anilines is 1. The molecule has 0 radical (unpaired) electrons. The quantitative estimate of drug-likeness (QED) is 0.0903. The van der Waals surface area contributed by atoms with Gasteiger partial charge in [0.1, 0.15) is 11.4 Å². The van der Waals surface area contributed by atoms with E-state index >= 15 is 0 Å². The number of thiophene rings is 1. The van der Waals surface area contributed by atoms with Gasteiger partial charge < -0.3 is 24.5 Å². The van der Waals surface area contributed by atoms with Crippen molar-refractivity contribution < 1.29 is 28.3 Å². The molecule has 0 aliphatic carbocycles. The van der Waals surface area contributed by atoms with Crippen molar-refractivity contribution in [2.45, 2.75) is 111 Å². The summed E-state index contributed by atoms with van der Waals surface area (Å²) in [4.78, 5) is 36.4. The van der Waals surface area contributed by atoms with Crippen LogP contribution in [0.3, 0.4) is 0 Å². The average Bonchev–Trinajstić information content (AvgIpc) is 3.61. The van der Waals surface area contributed by atoms with Crippen LogP contribution < -0.4 is 15.3 Å². The number of aromatic nitrogens is 2. The molecule has 9 nitrogen and oxygen atoms in total. The zero-order valence-electron chi connectivity index (χ0n) is 32.6. The summed E-state index contributed by atoms with van der Waals surface area (Å²) in [7, 11) is 0. The molecule has 1 aliphatic rings. The normalized spacial score (nSPS) is 13.7. The van der Waals surface area contributed by atoms with Crippen LogP contribution in [0.15, 0.2) is 41.0 Å². The maximum atomic E-state index is 13.3. The predicted octanol–water partition coefficient (Wildman–Crippen LogP) is 5.98. The molecular formula is C40H61BrF2N6O3S. The summed E-state index contributed by atoms with van der Waals surface area (Å²) in [5, 5.41) is 15.0. The number of unbranched alkanes of at least 4 members (excludes halogenated alkanes) is 4. The highest BCUT2D eigenvalue weighted by Gasteiger charge is 2.45. The fourth-order valence-corrected chi connectivity index (χ4v) is 8.26. The van der Waals surface area contributed by atoms with Crippen LogP contribution in [0.5, 0.6) is 0 Å². The molecule has 53 heavy (non-hydrogen) atoms. The van der Waals surface area contributed by atoms with Crippen LogP contribution in [-0.2, 0) is 17.6 Å². The molecule has 3 amide bonds. The number of nitrogens with one attached hydrogen (secondary N) is 2. The van der Waals surface area contributed by atoms with Crippen molar-refractivity contribution in [3.63, 3.8) is 0 Å². The molecule has 0 atom stereocenters. The average molecular weight is 824 g/mol. The van der Waals surface area contributed by atoms with E-state index in [1.54, 1.807) is 43.5 Å². The van der Waals surface area contributed by atoms with E-state index in [-0.39, 0.29) is 23.0 Å². The molecule has 0 unspecified atom stereocenters. The van der Waals surface area contributed by atoms with Gasteiger partial charge in [-0.3, -0.25) is 10.1 Å². The summed E-state index contributed by atoms with van der Waals surface area (Å²) in [5.74, 6) is -0.205. The fourth-order valence-electron chi connectivity index (χ4n) is 6.48. The summed E-state index contributed by atoms with van der Waals surface area (Å²) < 4.78 is 15.4. The van der Waals surface area contributed by atoms with Gasteiger partial charge >= 0.3 is 6.03 Å². The topological polar surface area (TPSA) is 107 Å². The van der Waals surface area contributed by atoms with E-state index in [0.29, 0.717) is 37.6 Å². The Morgan fingerprint density at radius 3 is 2.02 bits per heavy atom. The first-order valence-corrected chi connectivity index (χ1v) is 20.8. The second kappa shape index (κ2) is 23.0. The minimum atomic E-state index is -0.911. The number of hydrogen-bond donors (Lipinski definition) is 3. The van der Waals surface area contributed by atoms with Gasteiger partial charge in [-0.2, -0.15) is 0 Å². The predicted molar refractivity (Wildman–Crippen MR) is 215 cm³/mol. The molecule has 2 aromatic heterocycles. The SMILES string of the molecule is CC1(C)C(=O)NC(=O)N1CCNc1ncc(Br)c(-c2cc(CCO)c(Cc3ccc(F)cc3)s2)n1.CCCC[N+](CCCC)(CCCC)CCCC.[F-]. The van der Waals surface area contributed by atoms with Gasteiger partial charge in [-0.15, -0.1) is 11.3 Å². The van der Waals surface area contributed by atoms with Crippen molar-refractivity contribution in [1.29, 1.82) is 0 Å². The minimum Gasteiger partial charge on any atom is -1.00 e. The van der Waals surface area contributed by atoms with Crippen LogP contribution in [0.1, 0.15) is 109 Å². The van der Waals surface area contributed by atoms with Crippen molar-refractivity contribution in [2.75, 3.05) is 51.2 Å². The second-order valence-corrected chi connectivity index (χ2v) is 16.3. The lowest BCUT2D eigenvalue weighted by molar-refractivity contribution is -0.929. The molecule has 4 rings (SSSR count). The first kappa shape index (κ1) is 46.2. The molecule has 1 fully saturated rings. The van der Waals surface area contributed by atoms with Crippen molar-refractivity contribution >= 4 is 45.2 Å². The monoisotopic (exact) mass is 822 g/mol. The lowest BCUT2D eigenvalue weighted by Gasteiger charge is -2.39. The molecule has 3 heterocycles. The number of nitrogens with zero attached hydrogens (tertiary/aromatic N) is 4. The highest BCUT2D eigenvalue weighted by atomic mass is 79.9. The Labute approximate surface area is 328 Å². The number of aliphatic hydroxyl groups is 1. The van der Waals surface area contributed by atoms with Crippen molar-refractivity contribution in [1.82, 2.24) is 20.2 Å². The largest absolute Gasteiger partial charge is 1.00 e. The standard InChI is InChI=1S/C24H25BrFN5O3S.C16H36N.FH/c1-24(2)21(33)30-23(34)31(24)9-8-27-22-28-13-17(25)20(29-22)19-12-15(7-10-32)18(35-19)11-14-3-5-16(26)6-4-14;1-5-9-13-17(14-10-6-2,15-11-7-3)16-12-8-4;/h3-6,12-13,32H,7-11H2,1-2H3,(H,27,28,29)(H,30,33,34);5-16H2,1-4H3;1H/q;+1;/p-1. The third-order valence-corrected chi connectivity index (χ3v) is 11.6. The van der Waals surface area contributed by atoms with Gasteiger partial charge in [0.25, 0.3) is 5.91 Å². The van der Waals surface area contributed by atoms with Crippen molar-refractivity contribution in [3.05, 3.63) is 62.8 Å². The highest BCUT2D eigenvalue weighted by molar-refractivity contribution is 9.10. The first-order valence-electron chi connectivity index (χ1n) is 19.1. The molecule has 0 bridgehead atoms. The summed E-state index contributed by atoms with van der Waals surface area (Å²) in [6.45, 7) is 19.1. The van der Waals surface area contributed by atoms with E-state index in [1.807, 2.05) is 6.07 Å². The lowest BCUT2D eigenvalue weighted by Crippen LogP contribution is -3.00. The van der Waals surface area contributed by atoms with Crippen LogP contribution in [0.25, 0.3) is 10.6 Å². The van der Waals surface area contributed by atoms with Gasteiger partial charge in [0.2, 0.25) is 5.95 Å². The maximum Gasteiger partial charge on any atom is 0.325 e. The number of aliphatic hydroxyl groups excluding tert-OH is 1. The molecule has 1 saturated heterocycles. The number of hydrogen-bond acceptors (Lipinski definition) is 7. The summed E-state index contributed by atoms with van der Waals surface area (Å²) in [6.07, 6.45) is 13.9. The Balaban J connectivity index is 0.000000460. The molecule has 0 saturated carbocycles. The smallest absolute Gasteiger partial charge is 0.325 e. The van der Waals surface area contributed by atoms with E-state index in [1.165, 1.54) is 99.1 Å². The Morgan fingerprint density at radius 1 is 0.962 bits per heavy atom. The van der Waals surface area contributed by atoms with Gasteiger partial charge in [-0.1, -0.05) is 65.5 Å². The van der Waals surface area contributed by atoms with Crippen LogP contribution >= 0.6 is 27.3 Å². The van der Waals surface area contributed by atoms with Crippen LogP contribution in [0.4, 0.5) is 15.1 Å². The van der Waals surface area contributed by atoms with Crippen molar-refractivity contribution in [3.8, 4) is 10.6 Å². The van der Waals surface area contributed by atoms with E-state index in [0.717, 1.165) is 25.4 Å². The van der Waals surface area contributed by atoms with Gasteiger partial charge in [-0.05, 0) is 91.2 Å². The number of halogens is 3. The zero-order chi connectivity index (χ0) is 38.1. The minimum absolute atomic E-state index is 0. The lowest BCUT2D eigenvalue weighted by atomic mass is 10.0. The molecule has 3 aromatic rings. The molecule has 13 heteroatoms. The molecule has 3 N–H and O–H groups in total. The first-order chi connectivity index (χ1) is 24.9. The molecule has 296 valence electrons. The highest BCUT2D eigenvalue weighted by Crippen LogP contribution is 2.36. The van der Waals surface area contributed by atoms with Gasteiger partial charge in [0, 0.05) is 37.2 Å². The van der Waals surface area contributed by atoms with E-state index in [4.69, 9.17) is 0 Å². The molecule has 1 aromatic carbocycles. The molecular weight excluding hydrogens is 762 g/mol. The number of amides is 3. The third kappa shape index (κ3) is 13.7. The molecule has 0 spiro atoms. The van der Waals surface area contributed by atoms with Crippen LogP contribution in [0.2, 0.25) is 0 Å². The number of rotatable bonds is 21. The second-order valence-electron chi connectivity index (χ2n) is 14.3. The van der Waals surface area contributed by atoms with Crippen molar-refractivity contribution in [2.24, 2.45) is 0 Å². The number of imide groups is 1. The molecule has 1 aliphatic heterocycles. The Morgan fingerprint density at radius 2 is 1.53 bits per heavy atom. The van der Waals surface area contributed by atoms with E-state index in [2.05, 4.69) is 64.2 Å². The number of benzene rings is 1. The van der Waals surface area contributed by atoms with Gasteiger partial charge in [0.05, 0.1) is 41.2 Å². The Kier molecular flexibility index (Phi) is 20.1. The van der Waals surface area contributed by atoms with Gasteiger partial charge in [-0.25, -0.2) is 19.2 Å². The number of carbonyl (C=O) groups excluding carboxylic acids is 2. The summed E-state index contributed by atoms with van der Waals surface area (Å²) in [5.41, 5.74) is 1.79. The number of carbonyl (C=O) groups is 2. The third-order valence-electron chi connectivity index (χ3n) is 9.79. The summed E-state index contributed by atoms with van der Waals surface area (Å²) >= 11 is 5.10. The Bertz CT molecular complexity index is 1520. The fraction of sp³-hybridized carbons (Fsp3) is 0.600. The number of quaternary nitrogens is 1. The van der Waals surface area contributed by atoms with Crippen LogP contribution in [0, 0.1) is 5.82 Å². The Hall–Kier alpha value is -3.00. The van der Waals surface area contributed by atoms with E-state index in [9.17, 15) is 19.1 Å². The van der Waals surface area contributed by atoms with Crippen LogP contribution in [-0.4, -0.2) is 87.8 Å².